The van der Waals surface area contributed by atoms with Crippen LogP contribution in [0.2, 0.25) is 0 Å². The summed E-state index contributed by atoms with van der Waals surface area (Å²) in [5.74, 6) is 2.94. The summed E-state index contributed by atoms with van der Waals surface area (Å²) in [6.45, 7) is 3.21. The topological polar surface area (TPSA) is 51.4 Å². The number of nitrogens with zero attached hydrogens (tertiary/aromatic N) is 3. The number of aromatic nitrogens is 2. The fraction of sp³-hybridized carbons (Fsp3) is 0.467. The van der Waals surface area contributed by atoms with Crippen molar-refractivity contribution in [2.24, 2.45) is 5.92 Å². The van der Waals surface area contributed by atoms with E-state index in [9.17, 15) is 0 Å². The van der Waals surface area contributed by atoms with Gasteiger partial charge in [0.15, 0.2) is 0 Å². The largest absolute Gasteiger partial charge is 0.481 e. The van der Waals surface area contributed by atoms with Gasteiger partial charge >= 0.3 is 0 Å². The molecule has 2 unspecified atom stereocenters. The van der Waals surface area contributed by atoms with Crippen molar-refractivity contribution in [2.75, 3.05) is 18.6 Å². The third-order valence-corrected chi connectivity index (χ3v) is 3.82. The fourth-order valence-electron chi connectivity index (χ4n) is 2.72. The van der Waals surface area contributed by atoms with Gasteiger partial charge in [-0.2, -0.15) is 4.98 Å². The zero-order chi connectivity index (χ0) is 13.9. The summed E-state index contributed by atoms with van der Waals surface area (Å²) in [4.78, 5) is 11.0. The van der Waals surface area contributed by atoms with E-state index in [1.54, 1.807) is 25.6 Å². The zero-order valence-electron chi connectivity index (χ0n) is 11.8. The maximum atomic E-state index is 5.60. The van der Waals surface area contributed by atoms with Crippen LogP contribution in [0.5, 0.6) is 5.88 Å². The minimum Gasteiger partial charge on any atom is -0.481 e. The van der Waals surface area contributed by atoms with E-state index < -0.39 is 0 Å². The first-order valence-electron chi connectivity index (χ1n) is 6.95. The molecule has 1 aliphatic heterocycles. The molecule has 5 nitrogen and oxygen atoms in total. The number of piperidine rings is 1. The average molecular weight is 273 g/mol. The number of methoxy groups -OCH3 is 1. The molecule has 0 N–H and O–H groups in total. The molecule has 20 heavy (non-hydrogen) atoms. The van der Waals surface area contributed by atoms with E-state index in [4.69, 9.17) is 9.15 Å². The molecule has 1 fully saturated rings. The van der Waals surface area contributed by atoms with Crippen molar-refractivity contribution in [3.05, 3.63) is 36.4 Å². The summed E-state index contributed by atoms with van der Waals surface area (Å²) in [5.41, 5.74) is 0. The van der Waals surface area contributed by atoms with Crippen LogP contribution >= 0.6 is 0 Å². The van der Waals surface area contributed by atoms with E-state index in [-0.39, 0.29) is 6.04 Å². The zero-order valence-corrected chi connectivity index (χ0v) is 11.8. The van der Waals surface area contributed by atoms with Crippen molar-refractivity contribution in [2.45, 2.75) is 25.8 Å². The first-order valence-corrected chi connectivity index (χ1v) is 6.95. The van der Waals surface area contributed by atoms with Crippen LogP contribution in [0.1, 0.15) is 31.6 Å². The molecule has 0 aliphatic carbocycles. The highest BCUT2D eigenvalue weighted by Crippen LogP contribution is 2.36. The quantitative estimate of drug-likeness (QED) is 0.860. The molecule has 0 amide bonds. The van der Waals surface area contributed by atoms with Gasteiger partial charge in [-0.25, -0.2) is 4.98 Å². The van der Waals surface area contributed by atoms with Gasteiger partial charge in [0.05, 0.1) is 19.4 Å². The van der Waals surface area contributed by atoms with Gasteiger partial charge in [0.1, 0.15) is 5.76 Å². The van der Waals surface area contributed by atoms with Crippen molar-refractivity contribution in [1.29, 1.82) is 0 Å². The number of hydrogen-bond donors (Lipinski definition) is 0. The van der Waals surface area contributed by atoms with E-state index in [2.05, 4.69) is 21.8 Å². The fourth-order valence-corrected chi connectivity index (χ4v) is 2.72. The minimum absolute atomic E-state index is 0.195. The molecule has 106 valence electrons. The van der Waals surface area contributed by atoms with Crippen molar-refractivity contribution < 1.29 is 9.15 Å². The monoisotopic (exact) mass is 273 g/mol. The van der Waals surface area contributed by atoms with Crippen LogP contribution in [0.25, 0.3) is 0 Å². The maximum absolute atomic E-state index is 5.60. The van der Waals surface area contributed by atoms with Crippen LogP contribution in [-0.2, 0) is 0 Å². The van der Waals surface area contributed by atoms with Crippen LogP contribution in [0, 0.1) is 5.92 Å². The predicted molar refractivity (Wildman–Crippen MR) is 75.8 cm³/mol. The molecule has 2 atom stereocenters. The lowest BCUT2D eigenvalue weighted by Gasteiger charge is -2.37. The van der Waals surface area contributed by atoms with Crippen molar-refractivity contribution in [3.8, 4) is 5.88 Å². The van der Waals surface area contributed by atoms with Gasteiger partial charge in [0.25, 0.3) is 0 Å². The van der Waals surface area contributed by atoms with Gasteiger partial charge in [-0.15, -0.1) is 0 Å². The average Bonchev–Trinajstić information content (AvgIpc) is 3.01. The summed E-state index contributed by atoms with van der Waals surface area (Å²) in [5, 5.41) is 0. The molecule has 1 aliphatic rings. The number of hydrogen-bond acceptors (Lipinski definition) is 5. The van der Waals surface area contributed by atoms with Crippen LogP contribution in [0.15, 0.2) is 35.1 Å². The third-order valence-electron chi connectivity index (χ3n) is 3.82. The molecule has 3 rings (SSSR count). The second-order valence-electron chi connectivity index (χ2n) is 5.25. The molecular weight excluding hydrogens is 254 g/mol. The predicted octanol–water partition coefficient (Wildman–Crippen LogP) is 3.06. The summed E-state index contributed by atoms with van der Waals surface area (Å²) in [6.07, 6.45) is 5.64. The van der Waals surface area contributed by atoms with Crippen molar-refractivity contribution in [1.82, 2.24) is 9.97 Å². The Morgan fingerprint density at radius 1 is 1.40 bits per heavy atom. The van der Waals surface area contributed by atoms with Gasteiger partial charge in [-0.05, 0) is 30.9 Å². The molecule has 2 aromatic heterocycles. The maximum Gasteiger partial charge on any atom is 0.229 e. The van der Waals surface area contributed by atoms with Crippen LogP contribution in [0.4, 0.5) is 5.95 Å². The van der Waals surface area contributed by atoms with Gasteiger partial charge in [-0.1, -0.05) is 6.92 Å². The first-order chi connectivity index (χ1) is 9.78. The van der Waals surface area contributed by atoms with Crippen molar-refractivity contribution in [3.63, 3.8) is 0 Å². The highest BCUT2D eigenvalue weighted by atomic mass is 16.5. The normalized spacial score (nSPS) is 22.8. The number of ether oxygens (including phenoxy) is 1. The van der Waals surface area contributed by atoms with Gasteiger partial charge in [0, 0.05) is 18.8 Å². The van der Waals surface area contributed by atoms with E-state index >= 15 is 0 Å². The highest BCUT2D eigenvalue weighted by Gasteiger charge is 2.31. The van der Waals surface area contributed by atoms with Crippen molar-refractivity contribution >= 4 is 5.95 Å². The van der Waals surface area contributed by atoms with E-state index in [1.165, 1.54) is 0 Å². The standard InChI is InChI=1S/C15H19N3O2/c1-11-6-8-18(12(10-11)13-4-3-9-20-13)15-16-7-5-14(17-15)19-2/h3-5,7,9,11-12H,6,8,10H2,1-2H3. The molecule has 1 saturated heterocycles. The second-order valence-corrected chi connectivity index (χ2v) is 5.25. The van der Waals surface area contributed by atoms with Crippen LogP contribution in [-0.4, -0.2) is 23.6 Å². The molecular formula is C15H19N3O2. The lowest BCUT2D eigenvalue weighted by molar-refractivity contribution is 0.323. The number of furan rings is 1. The van der Waals surface area contributed by atoms with Crippen LogP contribution < -0.4 is 9.64 Å². The van der Waals surface area contributed by atoms with E-state index in [0.717, 1.165) is 25.1 Å². The third kappa shape index (κ3) is 2.48. The summed E-state index contributed by atoms with van der Waals surface area (Å²) >= 11 is 0. The Morgan fingerprint density at radius 3 is 3.05 bits per heavy atom. The van der Waals surface area contributed by atoms with Gasteiger partial charge in [-0.3, -0.25) is 0 Å². The Balaban J connectivity index is 1.92. The van der Waals surface area contributed by atoms with E-state index in [1.807, 2.05) is 12.1 Å². The Hall–Kier alpha value is -2.04. The summed E-state index contributed by atoms with van der Waals surface area (Å²) in [6, 6.07) is 5.91. The Bertz CT molecular complexity index is 556. The highest BCUT2D eigenvalue weighted by molar-refractivity contribution is 5.36. The smallest absolute Gasteiger partial charge is 0.229 e. The first kappa shape index (κ1) is 13.0. The Labute approximate surface area is 118 Å². The molecule has 0 aromatic carbocycles. The molecule has 3 heterocycles. The number of rotatable bonds is 3. The Kier molecular flexibility index (Phi) is 3.58. The molecule has 0 saturated carbocycles. The molecule has 0 bridgehead atoms. The van der Waals surface area contributed by atoms with Gasteiger partial charge < -0.3 is 14.1 Å². The minimum atomic E-state index is 0.195. The molecule has 2 aromatic rings. The lowest BCUT2D eigenvalue weighted by atomic mass is 9.91. The van der Waals surface area contributed by atoms with Gasteiger partial charge in [0.2, 0.25) is 11.8 Å². The van der Waals surface area contributed by atoms with E-state index in [0.29, 0.717) is 17.7 Å². The Morgan fingerprint density at radius 2 is 2.30 bits per heavy atom. The molecule has 5 heteroatoms. The lowest BCUT2D eigenvalue weighted by Crippen LogP contribution is -2.37. The number of anilines is 1. The second kappa shape index (κ2) is 5.53. The SMILES string of the molecule is COc1ccnc(N2CCC(C)CC2c2ccco2)n1. The summed E-state index contributed by atoms with van der Waals surface area (Å²) in [7, 11) is 1.62. The molecule has 0 radical (unpaired) electrons. The summed E-state index contributed by atoms with van der Waals surface area (Å²) < 4.78 is 10.8. The van der Waals surface area contributed by atoms with Crippen LogP contribution in [0.3, 0.4) is 0 Å². The molecule has 0 spiro atoms.